The molecule has 0 amide bonds. The van der Waals surface area contributed by atoms with Crippen molar-refractivity contribution in [2.45, 2.75) is 31.8 Å². The smallest absolute Gasteiger partial charge is 0.319 e. The molecule has 2 atom stereocenters. The van der Waals surface area contributed by atoms with Crippen LogP contribution < -0.4 is 0 Å². The Balaban J connectivity index is 2.54. The lowest BCUT2D eigenvalue weighted by atomic mass is 10.2. The van der Waals surface area contributed by atoms with Gasteiger partial charge in [-0.05, 0) is 12.5 Å². The van der Waals surface area contributed by atoms with Crippen LogP contribution in [0.5, 0.6) is 0 Å². The van der Waals surface area contributed by atoms with E-state index in [1.807, 2.05) is 30.3 Å². The number of hydrogen-bond acceptors (Lipinski definition) is 4. The largest absolute Gasteiger partial charge is 0.480 e. The summed E-state index contributed by atoms with van der Waals surface area (Å²) in [6, 6.07) is 9.49. The number of rotatable bonds is 6. The van der Waals surface area contributed by atoms with Crippen LogP contribution in [0.4, 0.5) is 0 Å². The Bertz CT molecular complexity index is 405. The van der Waals surface area contributed by atoms with Crippen LogP contribution in [0, 0.1) is 0 Å². The first kappa shape index (κ1) is 14.7. The minimum atomic E-state index is -1.03. The zero-order valence-electron chi connectivity index (χ0n) is 10.3. The van der Waals surface area contributed by atoms with Crippen molar-refractivity contribution < 1.29 is 19.4 Å². The summed E-state index contributed by atoms with van der Waals surface area (Å²) in [6.45, 7) is 3.35. The van der Waals surface area contributed by atoms with Crippen molar-refractivity contribution in [2.24, 2.45) is 0 Å². The molecule has 0 radical (unpaired) electrons. The molecule has 2 unspecified atom stereocenters. The Kier molecular flexibility index (Phi) is 5.88. The average molecular weight is 268 g/mol. The van der Waals surface area contributed by atoms with Crippen molar-refractivity contribution in [3.8, 4) is 0 Å². The van der Waals surface area contributed by atoms with E-state index in [4.69, 9.17) is 9.84 Å². The van der Waals surface area contributed by atoms with Gasteiger partial charge in [-0.3, -0.25) is 9.59 Å². The van der Waals surface area contributed by atoms with Crippen molar-refractivity contribution >= 4 is 22.8 Å². The second kappa shape index (κ2) is 7.18. The van der Waals surface area contributed by atoms with Gasteiger partial charge in [0.15, 0.2) is 5.12 Å². The molecule has 1 aromatic rings. The van der Waals surface area contributed by atoms with Crippen LogP contribution in [0.1, 0.15) is 19.4 Å². The normalized spacial score (nSPS) is 13.9. The van der Waals surface area contributed by atoms with Gasteiger partial charge in [0.05, 0.1) is 12.7 Å². The monoisotopic (exact) mass is 268 g/mol. The summed E-state index contributed by atoms with van der Waals surface area (Å²) < 4.78 is 5.50. The molecule has 0 aliphatic carbocycles. The number of benzene rings is 1. The lowest BCUT2D eigenvalue weighted by molar-refractivity contribution is -0.139. The molecule has 98 valence electrons. The van der Waals surface area contributed by atoms with E-state index in [9.17, 15) is 9.59 Å². The van der Waals surface area contributed by atoms with E-state index in [0.717, 1.165) is 17.3 Å². The molecule has 0 saturated carbocycles. The molecule has 4 nitrogen and oxygen atoms in total. The molecular weight excluding hydrogens is 252 g/mol. The zero-order valence-corrected chi connectivity index (χ0v) is 11.1. The minimum absolute atomic E-state index is 0.224. The van der Waals surface area contributed by atoms with Gasteiger partial charge in [-0.25, -0.2) is 0 Å². The SMILES string of the molecule is CC(=O)SC(C(=O)O)C(C)OCc1ccccc1. The molecule has 1 aromatic carbocycles. The number of hydrogen-bond donors (Lipinski definition) is 1. The fourth-order valence-corrected chi connectivity index (χ4v) is 2.14. The summed E-state index contributed by atoms with van der Waals surface area (Å²) in [7, 11) is 0. The molecule has 0 aromatic heterocycles. The highest BCUT2D eigenvalue weighted by Crippen LogP contribution is 2.19. The van der Waals surface area contributed by atoms with E-state index in [-0.39, 0.29) is 5.12 Å². The molecule has 0 aliphatic rings. The average Bonchev–Trinajstić information content (AvgIpc) is 2.34. The van der Waals surface area contributed by atoms with Crippen LogP contribution in [0.3, 0.4) is 0 Å². The van der Waals surface area contributed by atoms with Gasteiger partial charge in [-0.15, -0.1) is 0 Å². The third-order valence-corrected chi connectivity index (χ3v) is 3.49. The van der Waals surface area contributed by atoms with Crippen molar-refractivity contribution in [1.29, 1.82) is 0 Å². The first-order valence-corrected chi connectivity index (χ1v) is 6.44. The highest BCUT2D eigenvalue weighted by molar-refractivity contribution is 8.14. The minimum Gasteiger partial charge on any atom is -0.480 e. The second-order valence-electron chi connectivity index (χ2n) is 3.87. The Morgan fingerprint density at radius 3 is 2.44 bits per heavy atom. The first-order valence-electron chi connectivity index (χ1n) is 5.56. The molecule has 5 heteroatoms. The first-order chi connectivity index (χ1) is 8.50. The Hall–Kier alpha value is -1.33. The number of carboxylic acid groups (broad SMARTS) is 1. The number of carbonyl (C=O) groups is 2. The van der Waals surface area contributed by atoms with Crippen molar-refractivity contribution in [3.63, 3.8) is 0 Å². The Morgan fingerprint density at radius 1 is 1.33 bits per heavy atom. The lowest BCUT2D eigenvalue weighted by Crippen LogP contribution is -2.32. The number of aliphatic carboxylic acids is 1. The highest BCUT2D eigenvalue weighted by atomic mass is 32.2. The molecule has 0 heterocycles. The maximum absolute atomic E-state index is 11.0. The van der Waals surface area contributed by atoms with Crippen LogP contribution >= 0.6 is 11.8 Å². The van der Waals surface area contributed by atoms with Crippen molar-refractivity contribution in [2.75, 3.05) is 0 Å². The van der Waals surface area contributed by atoms with Crippen molar-refractivity contribution in [3.05, 3.63) is 35.9 Å². The summed E-state index contributed by atoms with van der Waals surface area (Å²) in [5.74, 6) is -1.03. The van der Waals surface area contributed by atoms with E-state index in [2.05, 4.69) is 0 Å². The van der Waals surface area contributed by atoms with Gasteiger partial charge in [0, 0.05) is 6.92 Å². The number of thioether (sulfide) groups is 1. The molecule has 0 saturated heterocycles. The third-order valence-electron chi connectivity index (χ3n) is 2.32. The summed E-state index contributed by atoms with van der Waals surface area (Å²) >= 11 is 0.787. The third kappa shape index (κ3) is 4.89. The van der Waals surface area contributed by atoms with Crippen LogP contribution in [0.2, 0.25) is 0 Å². The standard InChI is InChI=1S/C13H16O4S/c1-9(12(13(15)16)18-10(2)14)17-8-11-6-4-3-5-7-11/h3-7,9,12H,8H2,1-2H3,(H,15,16). The summed E-state index contributed by atoms with van der Waals surface area (Å²) in [4.78, 5) is 22.0. The van der Waals surface area contributed by atoms with Crippen LogP contribution in [-0.2, 0) is 20.9 Å². The maximum Gasteiger partial charge on any atom is 0.319 e. The molecule has 18 heavy (non-hydrogen) atoms. The molecule has 0 spiro atoms. The Morgan fingerprint density at radius 2 is 1.94 bits per heavy atom. The summed E-state index contributed by atoms with van der Waals surface area (Å²) in [5, 5.41) is 7.94. The highest BCUT2D eigenvalue weighted by Gasteiger charge is 2.27. The quantitative estimate of drug-likeness (QED) is 0.857. The number of carboxylic acids is 1. The molecule has 1 rings (SSSR count). The second-order valence-corrected chi connectivity index (χ2v) is 5.19. The Labute approximate surface area is 110 Å². The fraction of sp³-hybridized carbons (Fsp3) is 0.385. The van der Waals surface area contributed by atoms with Gasteiger partial charge in [-0.1, -0.05) is 42.1 Å². The fourth-order valence-electron chi connectivity index (χ4n) is 1.42. The van der Waals surface area contributed by atoms with Gasteiger partial charge in [0.1, 0.15) is 5.25 Å². The molecular formula is C13H16O4S. The molecule has 0 bridgehead atoms. The van der Waals surface area contributed by atoms with Crippen LogP contribution in [0.25, 0.3) is 0 Å². The summed E-state index contributed by atoms with van der Waals surface area (Å²) in [6.07, 6.45) is -0.531. The van der Waals surface area contributed by atoms with Crippen LogP contribution in [0.15, 0.2) is 30.3 Å². The van der Waals surface area contributed by atoms with E-state index in [0.29, 0.717) is 6.61 Å². The van der Waals surface area contributed by atoms with Gasteiger partial charge >= 0.3 is 5.97 Å². The predicted molar refractivity (Wildman–Crippen MR) is 70.4 cm³/mol. The number of ether oxygens (including phenoxy) is 1. The molecule has 0 aliphatic heterocycles. The van der Waals surface area contributed by atoms with Crippen molar-refractivity contribution in [1.82, 2.24) is 0 Å². The topological polar surface area (TPSA) is 63.6 Å². The van der Waals surface area contributed by atoms with E-state index >= 15 is 0 Å². The van der Waals surface area contributed by atoms with Gasteiger partial charge in [0.25, 0.3) is 0 Å². The molecule has 1 N–H and O–H groups in total. The lowest BCUT2D eigenvalue weighted by Gasteiger charge is -2.19. The van der Waals surface area contributed by atoms with E-state index < -0.39 is 17.3 Å². The van der Waals surface area contributed by atoms with Gasteiger partial charge in [-0.2, -0.15) is 0 Å². The van der Waals surface area contributed by atoms with E-state index in [1.54, 1.807) is 6.92 Å². The zero-order chi connectivity index (χ0) is 13.5. The number of carbonyl (C=O) groups excluding carboxylic acids is 1. The maximum atomic E-state index is 11.0. The molecule has 0 fully saturated rings. The van der Waals surface area contributed by atoms with E-state index in [1.165, 1.54) is 6.92 Å². The summed E-state index contributed by atoms with van der Waals surface area (Å²) in [5.41, 5.74) is 0.973. The van der Waals surface area contributed by atoms with Gasteiger partial charge in [0.2, 0.25) is 0 Å². The van der Waals surface area contributed by atoms with Crippen LogP contribution in [-0.4, -0.2) is 27.5 Å². The van der Waals surface area contributed by atoms with Gasteiger partial charge < -0.3 is 9.84 Å². The predicted octanol–water partition coefficient (Wildman–Crippen LogP) is 2.32.